The molecule has 0 aliphatic heterocycles. The SMILES string of the molecule is CCOC(=O)CCc1cccc(C(C)c2cc(OC)n(-c3cc(Oc4c(F)cc5c(ccn5SI)c4F)ccc3F)n2)c1F. The molecule has 3 aromatic carbocycles. The van der Waals surface area contributed by atoms with Gasteiger partial charge in [-0.15, -0.1) is 0 Å². The molecule has 0 radical (unpaired) electrons. The highest BCUT2D eigenvalue weighted by atomic mass is 127. The third-order valence-corrected chi connectivity index (χ3v) is 8.81. The molecule has 2 aromatic heterocycles. The summed E-state index contributed by atoms with van der Waals surface area (Å²) in [6.45, 7) is 3.68. The molecular weight excluding hydrogens is 713 g/mol. The molecule has 7 nitrogen and oxygen atoms in total. The average molecular weight is 740 g/mol. The maximum Gasteiger partial charge on any atom is 0.306 e. The van der Waals surface area contributed by atoms with Crippen molar-refractivity contribution in [2.45, 2.75) is 32.6 Å². The van der Waals surface area contributed by atoms with Crippen LogP contribution in [0, 0.1) is 23.3 Å². The highest BCUT2D eigenvalue weighted by molar-refractivity contribution is 14.2. The molecule has 0 saturated heterocycles. The van der Waals surface area contributed by atoms with Gasteiger partial charge < -0.3 is 14.2 Å². The molecule has 0 saturated carbocycles. The zero-order valence-electron chi connectivity index (χ0n) is 23.7. The summed E-state index contributed by atoms with van der Waals surface area (Å²) in [5, 5.41) is 4.66. The Bertz CT molecular complexity index is 1840. The molecule has 0 spiro atoms. The Balaban J connectivity index is 1.46. The van der Waals surface area contributed by atoms with Crippen LogP contribution in [0.3, 0.4) is 0 Å². The monoisotopic (exact) mass is 739 g/mol. The van der Waals surface area contributed by atoms with Crippen molar-refractivity contribution in [1.29, 1.82) is 0 Å². The zero-order chi connectivity index (χ0) is 31.5. The summed E-state index contributed by atoms with van der Waals surface area (Å²) in [4.78, 5) is 11.8. The van der Waals surface area contributed by atoms with Crippen LogP contribution in [0.5, 0.6) is 17.4 Å². The third-order valence-electron chi connectivity index (χ3n) is 7.07. The number of fused-ring (bicyclic) bond motifs is 1. The lowest BCUT2D eigenvalue weighted by Gasteiger charge is -2.14. The molecule has 0 aliphatic carbocycles. The van der Waals surface area contributed by atoms with Gasteiger partial charge in [0.2, 0.25) is 5.88 Å². The molecule has 2 heterocycles. The number of methoxy groups -OCH3 is 1. The fourth-order valence-corrected chi connectivity index (χ4v) is 6.19. The summed E-state index contributed by atoms with van der Waals surface area (Å²) in [6, 6.07) is 12.7. The quantitative estimate of drug-likeness (QED) is 0.0768. The molecule has 13 heteroatoms. The van der Waals surface area contributed by atoms with E-state index in [2.05, 4.69) is 5.10 Å². The number of hydrogen-bond acceptors (Lipinski definition) is 6. The summed E-state index contributed by atoms with van der Waals surface area (Å²) < 4.78 is 79.6. The molecule has 230 valence electrons. The second-order valence-electron chi connectivity index (χ2n) is 9.73. The summed E-state index contributed by atoms with van der Waals surface area (Å²) in [6.07, 6.45) is 1.81. The minimum absolute atomic E-state index is 0.0363. The van der Waals surface area contributed by atoms with E-state index in [0.29, 0.717) is 22.3 Å². The van der Waals surface area contributed by atoms with E-state index >= 15 is 13.2 Å². The van der Waals surface area contributed by atoms with Crippen LogP contribution in [0.4, 0.5) is 17.6 Å². The normalized spacial score (nSPS) is 12.0. The van der Waals surface area contributed by atoms with Crippen molar-refractivity contribution in [3.05, 3.63) is 101 Å². The van der Waals surface area contributed by atoms with Crippen molar-refractivity contribution < 1.29 is 36.6 Å². The minimum Gasteiger partial charge on any atom is -0.481 e. The number of nitrogens with zero attached hydrogens (tertiary/aromatic N) is 3. The first-order valence-corrected chi connectivity index (χ1v) is 16.8. The van der Waals surface area contributed by atoms with Crippen molar-refractivity contribution in [2.75, 3.05) is 13.7 Å². The topological polar surface area (TPSA) is 67.5 Å². The van der Waals surface area contributed by atoms with Gasteiger partial charge in [-0.05, 0) is 42.7 Å². The minimum atomic E-state index is -0.925. The van der Waals surface area contributed by atoms with E-state index in [1.54, 1.807) is 48.3 Å². The summed E-state index contributed by atoms with van der Waals surface area (Å²) in [5.41, 5.74) is 1.28. The lowest BCUT2D eigenvalue weighted by molar-refractivity contribution is -0.143. The fourth-order valence-electron chi connectivity index (χ4n) is 4.82. The van der Waals surface area contributed by atoms with Crippen LogP contribution >= 0.6 is 30.3 Å². The summed E-state index contributed by atoms with van der Waals surface area (Å²) in [5.74, 6) is -4.55. The zero-order valence-corrected chi connectivity index (χ0v) is 26.7. The van der Waals surface area contributed by atoms with Gasteiger partial charge in [-0.2, -0.15) is 9.78 Å². The molecule has 5 aromatic rings. The van der Waals surface area contributed by atoms with Crippen LogP contribution in [0.25, 0.3) is 16.6 Å². The molecule has 0 amide bonds. The van der Waals surface area contributed by atoms with Gasteiger partial charge >= 0.3 is 5.97 Å². The van der Waals surface area contributed by atoms with E-state index in [0.717, 1.165) is 6.07 Å². The van der Waals surface area contributed by atoms with E-state index in [9.17, 15) is 9.18 Å². The Morgan fingerprint density at radius 1 is 1.05 bits per heavy atom. The first kappa shape index (κ1) is 31.7. The second-order valence-corrected chi connectivity index (χ2v) is 11.4. The smallest absolute Gasteiger partial charge is 0.306 e. The molecule has 0 N–H and O–H groups in total. The van der Waals surface area contributed by atoms with Gasteiger partial charge in [0, 0.05) is 72.4 Å². The van der Waals surface area contributed by atoms with Crippen LogP contribution in [0.2, 0.25) is 0 Å². The Morgan fingerprint density at radius 3 is 2.57 bits per heavy atom. The molecule has 1 atom stereocenters. The predicted octanol–water partition coefficient (Wildman–Crippen LogP) is 8.68. The molecule has 44 heavy (non-hydrogen) atoms. The number of esters is 1. The third kappa shape index (κ3) is 6.25. The van der Waals surface area contributed by atoms with Gasteiger partial charge in [-0.25, -0.2) is 17.6 Å². The maximum atomic E-state index is 15.5. The van der Waals surface area contributed by atoms with Crippen molar-refractivity contribution >= 4 is 47.2 Å². The molecule has 0 aliphatic rings. The van der Waals surface area contributed by atoms with Gasteiger partial charge in [-0.3, -0.25) is 8.77 Å². The van der Waals surface area contributed by atoms with Crippen LogP contribution in [-0.2, 0) is 16.0 Å². The lowest BCUT2D eigenvalue weighted by atomic mass is 9.94. The van der Waals surface area contributed by atoms with E-state index in [1.165, 1.54) is 45.2 Å². The van der Waals surface area contributed by atoms with Gasteiger partial charge in [0.25, 0.3) is 0 Å². The molecule has 0 bridgehead atoms. The molecular formula is C31H26F4IN3O4S. The number of aromatic nitrogens is 3. The van der Waals surface area contributed by atoms with Gasteiger partial charge in [0.15, 0.2) is 17.4 Å². The van der Waals surface area contributed by atoms with E-state index < -0.39 is 40.9 Å². The Labute approximate surface area is 266 Å². The summed E-state index contributed by atoms with van der Waals surface area (Å²) >= 11 is 2.00. The molecule has 5 rings (SSSR count). The summed E-state index contributed by atoms with van der Waals surface area (Å²) in [7, 11) is 2.63. The lowest BCUT2D eigenvalue weighted by Crippen LogP contribution is -2.08. The first-order valence-electron chi connectivity index (χ1n) is 13.5. The van der Waals surface area contributed by atoms with Crippen molar-refractivity contribution in [2.24, 2.45) is 0 Å². The Kier molecular flexibility index (Phi) is 9.73. The highest BCUT2D eigenvalue weighted by Crippen LogP contribution is 2.37. The number of carbonyl (C=O) groups is 1. The largest absolute Gasteiger partial charge is 0.481 e. The number of aryl methyl sites for hydroxylation is 1. The van der Waals surface area contributed by atoms with Gasteiger partial charge in [-0.1, -0.05) is 25.1 Å². The molecule has 1 unspecified atom stereocenters. The van der Waals surface area contributed by atoms with Crippen molar-refractivity contribution in [3.63, 3.8) is 0 Å². The number of ether oxygens (including phenoxy) is 3. The standard InChI is InChI=1S/C31H26F4IN3O4S/c1-4-42-28(40)11-8-18-6-5-7-20(29(18)34)17(2)24-16-27(41-3)39(37-24)26-14-19(9-10-22(26)32)43-31-23(33)15-25-21(30(31)35)12-13-38(25)44-36/h5-7,9-10,12-17H,4,8,11H2,1-3H3. The van der Waals surface area contributed by atoms with Crippen molar-refractivity contribution in [3.8, 4) is 23.1 Å². The van der Waals surface area contributed by atoms with Crippen LogP contribution in [0.1, 0.15) is 43.0 Å². The first-order chi connectivity index (χ1) is 21.2. The fraction of sp³-hybridized carbons (Fsp3) is 0.226. The number of rotatable bonds is 11. The Hall–Kier alpha value is -3.72. The van der Waals surface area contributed by atoms with Crippen LogP contribution < -0.4 is 9.47 Å². The van der Waals surface area contributed by atoms with Gasteiger partial charge in [0.05, 0.1) is 24.9 Å². The average Bonchev–Trinajstić information content (AvgIpc) is 3.63. The van der Waals surface area contributed by atoms with E-state index in [1.807, 2.05) is 21.2 Å². The molecule has 0 fully saturated rings. The predicted molar refractivity (Wildman–Crippen MR) is 168 cm³/mol. The van der Waals surface area contributed by atoms with Crippen LogP contribution in [0.15, 0.2) is 60.8 Å². The number of halogens is 5. The Morgan fingerprint density at radius 2 is 1.84 bits per heavy atom. The van der Waals surface area contributed by atoms with Crippen LogP contribution in [-0.4, -0.2) is 33.4 Å². The number of hydrogen-bond donors (Lipinski definition) is 0. The number of benzene rings is 3. The number of carbonyl (C=O) groups excluding carboxylic acids is 1. The second kappa shape index (κ2) is 13.5. The van der Waals surface area contributed by atoms with E-state index in [4.69, 9.17) is 14.2 Å². The van der Waals surface area contributed by atoms with E-state index in [-0.39, 0.29) is 42.2 Å². The highest BCUT2D eigenvalue weighted by Gasteiger charge is 2.24. The van der Waals surface area contributed by atoms with Gasteiger partial charge in [0.1, 0.15) is 23.1 Å². The maximum absolute atomic E-state index is 15.5. The van der Waals surface area contributed by atoms with Crippen molar-refractivity contribution in [1.82, 2.24) is 13.8 Å².